The standard InChI is InChI=1S/C19H21FO4/c1-2-13(11-18(23)19-7-4-10-24-19)5-3-6-16(21)14-8-9-17(22)15(20)12-14/h3-4,7-10,12,16,18,21-23H,2,6,11H2,1H3/t5?,16-,18-/m1/s1. The van der Waals surface area contributed by atoms with Crippen LogP contribution in [0.1, 0.15) is 49.7 Å². The lowest BCUT2D eigenvalue weighted by atomic mass is 10.0. The molecule has 0 radical (unpaired) electrons. The molecule has 5 heteroatoms. The average Bonchev–Trinajstić information content (AvgIpc) is 3.10. The Bertz CT molecular complexity index is 715. The van der Waals surface area contributed by atoms with E-state index in [1.165, 1.54) is 18.4 Å². The molecule has 2 aromatic rings. The van der Waals surface area contributed by atoms with E-state index >= 15 is 0 Å². The number of phenolic OH excluding ortho intramolecular Hbond substituents is 1. The minimum absolute atomic E-state index is 0.255. The van der Waals surface area contributed by atoms with E-state index in [0.29, 0.717) is 24.2 Å². The molecule has 0 unspecified atom stereocenters. The Labute approximate surface area is 140 Å². The Morgan fingerprint density at radius 1 is 1.29 bits per heavy atom. The summed E-state index contributed by atoms with van der Waals surface area (Å²) in [5, 5.41) is 29.3. The molecule has 0 aliphatic heterocycles. The quantitative estimate of drug-likeness (QED) is 0.666. The van der Waals surface area contributed by atoms with Gasteiger partial charge >= 0.3 is 0 Å². The van der Waals surface area contributed by atoms with E-state index < -0.39 is 23.8 Å². The van der Waals surface area contributed by atoms with Gasteiger partial charge in [-0.2, -0.15) is 0 Å². The number of rotatable bonds is 7. The van der Waals surface area contributed by atoms with Crippen LogP contribution in [-0.2, 0) is 0 Å². The predicted molar refractivity (Wildman–Crippen MR) is 87.8 cm³/mol. The van der Waals surface area contributed by atoms with Gasteiger partial charge in [-0.05, 0) is 47.9 Å². The van der Waals surface area contributed by atoms with Crippen LogP contribution in [0.15, 0.2) is 58.4 Å². The molecular formula is C19H21FO4. The van der Waals surface area contributed by atoms with Gasteiger partial charge in [0.2, 0.25) is 0 Å². The summed E-state index contributed by atoms with van der Waals surface area (Å²) >= 11 is 0. The van der Waals surface area contributed by atoms with Crippen molar-refractivity contribution in [1.29, 1.82) is 0 Å². The van der Waals surface area contributed by atoms with E-state index in [0.717, 1.165) is 11.6 Å². The van der Waals surface area contributed by atoms with Crippen molar-refractivity contribution in [3.05, 3.63) is 71.1 Å². The fourth-order valence-electron chi connectivity index (χ4n) is 2.30. The van der Waals surface area contributed by atoms with Crippen LogP contribution in [0.2, 0.25) is 0 Å². The van der Waals surface area contributed by atoms with Gasteiger partial charge in [0.25, 0.3) is 0 Å². The summed E-state index contributed by atoms with van der Waals surface area (Å²) in [6, 6.07) is 7.23. The molecule has 128 valence electrons. The molecule has 0 saturated heterocycles. The number of hydrogen-bond acceptors (Lipinski definition) is 4. The number of aliphatic hydroxyl groups is 2. The normalized spacial score (nSPS) is 13.2. The van der Waals surface area contributed by atoms with E-state index in [-0.39, 0.29) is 6.42 Å². The van der Waals surface area contributed by atoms with Gasteiger partial charge in [0.15, 0.2) is 11.6 Å². The highest BCUT2D eigenvalue weighted by Gasteiger charge is 2.12. The number of hydrogen-bond donors (Lipinski definition) is 3. The summed E-state index contributed by atoms with van der Waals surface area (Å²) in [5.74, 6) is -0.703. The van der Waals surface area contributed by atoms with Crippen LogP contribution in [0, 0.1) is 5.82 Å². The zero-order valence-electron chi connectivity index (χ0n) is 13.4. The summed E-state index contributed by atoms with van der Waals surface area (Å²) < 4.78 is 18.5. The molecule has 0 aliphatic carbocycles. The molecule has 1 heterocycles. The van der Waals surface area contributed by atoms with Crippen molar-refractivity contribution >= 4 is 0 Å². The maximum absolute atomic E-state index is 13.3. The molecule has 2 rings (SSSR count). The molecule has 0 bridgehead atoms. The second-order valence-electron chi connectivity index (χ2n) is 5.50. The highest BCUT2D eigenvalue weighted by Crippen LogP contribution is 2.24. The molecule has 0 aliphatic rings. The van der Waals surface area contributed by atoms with E-state index in [2.05, 4.69) is 5.73 Å². The first-order chi connectivity index (χ1) is 11.5. The third-order valence-corrected chi connectivity index (χ3v) is 3.74. The Morgan fingerprint density at radius 3 is 2.71 bits per heavy atom. The SMILES string of the molecule is CCC(=C=CC[C@@H](O)c1ccc(O)c(F)c1)C[C@@H](O)c1ccco1. The lowest BCUT2D eigenvalue weighted by molar-refractivity contribution is 0.149. The molecule has 0 fully saturated rings. The van der Waals surface area contributed by atoms with E-state index in [1.807, 2.05) is 6.92 Å². The second kappa shape index (κ2) is 8.50. The van der Waals surface area contributed by atoms with Crippen molar-refractivity contribution < 1.29 is 24.1 Å². The zero-order valence-corrected chi connectivity index (χ0v) is 13.4. The molecule has 1 aromatic carbocycles. The van der Waals surface area contributed by atoms with Gasteiger partial charge in [0.05, 0.1) is 12.4 Å². The van der Waals surface area contributed by atoms with E-state index in [9.17, 15) is 14.6 Å². The van der Waals surface area contributed by atoms with Gasteiger partial charge in [-0.15, -0.1) is 5.73 Å². The largest absolute Gasteiger partial charge is 0.505 e. The first-order valence-electron chi connectivity index (χ1n) is 7.82. The minimum atomic E-state index is -0.888. The van der Waals surface area contributed by atoms with Crippen LogP contribution >= 0.6 is 0 Å². The van der Waals surface area contributed by atoms with Gasteiger partial charge in [-0.1, -0.05) is 13.0 Å². The molecule has 0 saturated carbocycles. The van der Waals surface area contributed by atoms with Gasteiger partial charge < -0.3 is 19.7 Å². The van der Waals surface area contributed by atoms with Crippen molar-refractivity contribution in [1.82, 2.24) is 0 Å². The summed E-state index contributed by atoms with van der Waals surface area (Å²) in [4.78, 5) is 0. The summed E-state index contributed by atoms with van der Waals surface area (Å²) in [5.41, 5.74) is 4.35. The van der Waals surface area contributed by atoms with E-state index in [4.69, 9.17) is 9.52 Å². The topological polar surface area (TPSA) is 73.8 Å². The smallest absolute Gasteiger partial charge is 0.165 e. The van der Waals surface area contributed by atoms with Gasteiger partial charge in [-0.3, -0.25) is 0 Å². The summed E-state index contributed by atoms with van der Waals surface area (Å²) in [6.45, 7) is 1.96. The van der Waals surface area contributed by atoms with E-state index in [1.54, 1.807) is 18.2 Å². The second-order valence-corrected chi connectivity index (χ2v) is 5.50. The first-order valence-corrected chi connectivity index (χ1v) is 7.82. The monoisotopic (exact) mass is 332 g/mol. The molecule has 3 N–H and O–H groups in total. The van der Waals surface area contributed by atoms with Crippen LogP contribution in [-0.4, -0.2) is 15.3 Å². The molecule has 0 spiro atoms. The average molecular weight is 332 g/mol. The van der Waals surface area contributed by atoms with Crippen molar-refractivity contribution in [2.75, 3.05) is 0 Å². The Hall–Kier alpha value is -2.33. The number of aromatic hydroxyl groups is 1. The zero-order chi connectivity index (χ0) is 17.5. The van der Waals surface area contributed by atoms with Crippen LogP contribution in [0.25, 0.3) is 0 Å². The van der Waals surface area contributed by atoms with Crippen LogP contribution < -0.4 is 0 Å². The Morgan fingerprint density at radius 2 is 2.08 bits per heavy atom. The lowest BCUT2D eigenvalue weighted by Crippen LogP contribution is -1.97. The molecule has 2 atom stereocenters. The molecule has 0 amide bonds. The van der Waals surface area contributed by atoms with Crippen molar-refractivity contribution in [2.24, 2.45) is 0 Å². The van der Waals surface area contributed by atoms with Crippen LogP contribution in [0.3, 0.4) is 0 Å². The number of aliphatic hydroxyl groups excluding tert-OH is 2. The third-order valence-electron chi connectivity index (χ3n) is 3.74. The molecular weight excluding hydrogens is 311 g/mol. The fourth-order valence-corrected chi connectivity index (χ4v) is 2.30. The predicted octanol–water partition coefficient (Wildman–Crippen LogP) is 4.16. The maximum atomic E-state index is 13.3. The number of furan rings is 1. The number of benzene rings is 1. The Kier molecular flexibility index (Phi) is 6.38. The molecule has 4 nitrogen and oxygen atoms in total. The van der Waals surface area contributed by atoms with Crippen molar-refractivity contribution in [3.63, 3.8) is 0 Å². The molecule has 1 aromatic heterocycles. The lowest BCUT2D eigenvalue weighted by Gasteiger charge is -2.09. The summed E-state index contributed by atoms with van der Waals surface area (Å²) in [7, 11) is 0. The number of halogens is 1. The Balaban J connectivity index is 2.00. The number of phenols is 1. The fraction of sp³-hybridized carbons (Fsp3) is 0.316. The molecule has 24 heavy (non-hydrogen) atoms. The van der Waals surface area contributed by atoms with Crippen LogP contribution in [0.4, 0.5) is 4.39 Å². The van der Waals surface area contributed by atoms with Crippen LogP contribution in [0.5, 0.6) is 5.75 Å². The maximum Gasteiger partial charge on any atom is 0.165 e. The highest BCUT2D eigenvalue weighted by atomic mass is 19.1. The highest BCUT2D eigenvalue weighted by molar-refractivity contribution is 5.29. The van der Waals surface area contributed by atoms with Gasteiger partial charge in [-0.25, -0.2) is 4.39 Å². The first kappa shape index (κ1) is 18.0. The third kappa shape index (κ3) is 4.83. The summed E-state index contributed by atoms with van der Waals surface area (Å²) in [6.07, 6.45) is 2.92. The van der Waals surface area contributed by atoms with Gasteiger partial charge in [0.1, 0.15) is 11.9 Å². The minimum Gasteiger partial charge on any atom is -0.505 e. The van der Waals surface area contributed by atoms with Crippen molar-refractivity contribution in [3.8, 4) is 5.75 Å². The van der Waals surface area contributed by atoms with Gasteiger partial charge in [0, 0.05) is 12.8 Å². The van der Waals surface area contributed by atoms with Crippen molar-refractivity contribution in [2.45, 2.75) is 38.4 Å².